The number of unbranched alkanes of at least 4 members (excludes halogenated alkanes) is 3. The molecule has 0 aliphatic rings. The van der Waals surface area contributed by atoms with E-state index in [9.17, 15) is 0 Å². The van der Waals surface area contributed by atoms with Crippen LogP contribution in [0.1, 0.15) is 50.7 Å². The number of ether oxygens (including phenoxy) is 2. The molecule has 154 valence electrons. The predicted octanol–water partition coefficient (Wildman–Crippen LogP) is 7.40. The van der Waals surface area contributed by atoms with Crippen LogP contribution in [0, 0.1) is 0 Å². The highest BCUT2D eigenvalue weighted by molar-refractivity contribution is 9.10. The predicted molar refractivity (Wildman–Crippen MR) is 122 cm³/mol. The molecule has 2 rings (SSSR count). The summed E-state index contributed by atoms with van der Waals surface area (Å²) in [6, 6.07) is 9.50. The van der Waals surface area contributed by atoms with Gasteiger partial charge in [0.25, 0.3) is 0 Å². The van der Waals surface area contributed by atoms with Gasteiger partial charge in [0.05, 0.1) is 11.1 Å². The van der Waals surface area contributed by atoms with Gasteiger partial charge in [0, 0.05) is 22.2 Å². The van der Waals surface area contributed by atoms with Gasteiger partial charge >= 0.3 is 0 Å². The molecule has 0 fully saturated rings. The van der Waals surface area contributed by atoms with E-state index in [1.165, 1.54) is 25.7 Å². The van der Waals surface area contributed by atoms with Crippen LogP contribution in [0.4, 0.5) is 0 Å². The Hall–Kier alpha value is -0.940. The van der Waals surface area contributed by atoms with Crippen molar-refractivity contribution < 1.29 is 9.47 Å². The fourth-order valence-corrected chi connectivity index (χ4v) is 3.89. The SMILES string of the molecule is CCCCCCNCc1cc(Br)c(OCc2ccc(Cl)cc2Cl)c(OCC)c1. The minimum atomic E-state index is 0.337. The van der Waals surface area contributed by atoms with E-state index in [4.69, 9.17) is 32.7 Å². The Bertz CT molecular complexity index is 756. The summed E-state index contributed by atoms with van der Waals surface area (Å²) in [5.74, 6) is 1.41. The molecule has 0 radical (unpaired) electrons. The first kappa shape index (κ1) is 23.3. The molecule has 0 atom stereocenters. The van der Waals surface area contributed by atoms with Crippen LogP contribution >= 0.6 is 39.1 Å². The maximum absolute atomic E-state index is 6.25. The Morgan fingerprint density at radius 1 is 1.00 bits per heavy atom. The molecule has 0 aromatic heterocycles. The van der Waals surface area contributed by atoms with Crippen molar-refractivity contribution in [3.8, 4) is 11.5 Å². The average molecular weight is 489 g/mol. The standard InChI is InChI=1S/C22H28BrCl2NO2/c1-3-5-6-7-10-26-14-16-11-19(23)22(21(12-16)27-4-2)28-15-17-8-9-18(24)13-20(17)25/h8-9,11-13,26H,3-7,10,14-15H2,1-2H3. The van der Waals surface area contributed by atoms with E-state index in [2.05, 4.69) is 34.2 Å². The number of hydrogen-bond donors (Lipinski definition) is 1. The molecule has 6 heteroatoms. The topological polar surface area (TPSA) is 30.5 Å². The van der Waals surface area contributed by atoms with Crippen LogP contribution in [0.3, 0.4) is 0 Å². The first-order valence-electron chi connectivity index (χ1n) is 9.77. The van der Waals surface area contributed by atoms with Gasteiger partial charge < -0.3 is 14.8 Å². The van der Waals surface area contributed by atoms with Crippen molar-refractivity contribution in [1.82, 2.24) is 5.32 Å². The third-order valence-corrected chi connectivity index (χ3v) is 5.47. The Labute approximate surface area is 186 Å². The molecular weight excluding hydrogens is 461 g/mol. The molecule has 2 aromatic carbocycles. The summed E-state index contributed by atoms with van der Waals surface area (Å²) in [6.07, 6.45) is 5.03. The third-order valence-electron chi connectivity index (χ3n) is 4.29. The van der Waals surface area contributed by atoms with E-state index < -0.39 is 0 Å². The molecule has 0 unspecified atom stereocenters. The lowest BCUT2D eigenvalue weighted by molar-refractivity contribution is 0.267. The van der Waals surface area contributed by atoms with Gasteiger partial charge in [-0.05, 0) is 65.6 Å². The molecule has 0 amide bonds. The summed E-state index contributed by atoms with van der Waals surface area (Å²) in [5, 5.41) is 4.70. The molecule has 2 aromatic rings. The van der Waals surface area contributed by atoms with Gasteiger partial charge in [-0.3, -0.25) is 0 Å². The second-order valence-electron chi connectivity index (χ2n) is 6.60. The molecule has 0 saturated carbocycles. The zero-order valence-corrected chi connectivity index (χ0v) is 19.6. The van der Waals surface area contributed by atoms with Gasteiger partial charge in [-0.2, -0.15) is 0 Å². The van der Waals surface area contributed by atoms with Crippen LogP contribution in [0.5, 0.6) is 11.5 Å². The zero-order chi connectivity index (χ0) is 20.4. The molecule has 0 aliphatic heterocycles. The Kier molecular flexibility index (Phi) is 10.5. The number of nitrogens with one attached hydrogen (secondary N) is 1. The molecule has 0 spiro atoms. The summed E-state index contributed by atoms with van der Waals surface area (Å²) >= 11 is 15.8. The molecule has 28 heavy (non-hydrogen) atoms. The van der Waals surface area contributed by atoms with E-state index in [-0.39, 0.29) is 0 Å². The molecule has 3 nitrogen and oxygen atoms in total. The van der Waals surface area contributed by atoms with E-state index in [1.807, 2.05) is 19.1 Å². The van der Waals surface area contributed by atoms with Gasteiger partial charge in [0.1, 0.15) is 6.61 Å². The second kappa shape index (κ2) is 12.6. The van der Waals surface area contributed by atoms with Gasteiger partial charge in [0.2, 0.25) is 0 Å². The molecule has 0 bridgehead atoms. The van der Waals surface area contributed by atoms with Crippen LogP contribution in [0.2, 0.25) is 10.0 Å². The number of rotatable bonds is 12. The lowest BCUT2D eigenvalue weighted by atomic mass is 10.1. The maximum Gasteiger partial charge on any atom is 0.175 e. The van der Waals surface area contributed by atoms with Crippen molar-refractivity contribution in [3.05, 3.63) is 56.0 Å². The molecule has 0 saturated heterocycles. The lowest BCUT2D eigenvalue weighted by Gasteiger charge is -2.16. The van der Waals surface area contributed by atoms with Crippen LogP contribution in [0.15, 0.2) is 34.8 Å². The average Bonchev–Trinajstić information content (AvgIpc) is 2.65. The van der Waals surface area contributed by atoms with Crippen LogP contribution < -0.4 is 14.8 Å². The van der Waals surface area contributed by atoms with Crippen molar-refractivity contribution in [3.63, 3.8) is 0 Å². The molecule has 1 N–H and O–H groups in total. The zero-order valence-electron chi connectivity index (χ0n) is 16.5. The summed E-state index contributed by atoms with van der Waals surface area (Å²) in [5.41, 5.74) is 2.03. The smallest absolute Gasteiger partial charge is 0.175 e. The van der Waals surface area contributed by atoms with Gasteiger partial charge in [-0.25, -0.2) is 0 Å². The quantitative estimate of drug-likeness (QED) is 0.315. The van der Waals surface area contributed by atoms with E-state index in [1.54, 1.807) is 12.1 Å². The van der Waals surface area contributed by atoms with Crippen LogP contribution in [-0.2, 0) is 13.2 Å². The summed E-state index contributed by atoms with van der Waals surface area (Å²) in [6.45, 7) is 6.92. The summed E-state index contributed by atoms with van der Waals surface area (Å²) in [4.78, 5) is 0. The van der Waals surface area contributed by atoms with Crippen molar-refractivity contribution in [2.24, 2.45) is 0 Å². The first-order chi connectivity index (χ1) is 13.5. The van der Waals surface area contributed by atoms with Crippen molar-refractivity contribution in [2.75, 3.05) is 13.2 Å². The van der Waals surface area contributed by atoms with Crippen molar-refractivity contribution in [1.29, 1.82) is 0 Å². The highest BCUT2D eigenvalue weighted by atomic mass is 79.9. The van der Waals surface area contributed by atoms with Crippen molar-refractivity contribution >= 4 is 39.1 Å². The summed E-state index contributed by atoms with van der Waals surface area (Å²) < 4.78 is 12.7. The fraction of sp³-hybridized carbons (Fsp3) is 0.455. The van der Waals surface area contributed by atoms with Gasteiger partial charge in [-0.1, -0.05) is 55.5 Å². The van der Waals surface area contributed by atoms with Gasteiger partial charge in [-0.15, -0.1) is 0 Å². The van der Waals surface area contributed by atoms with Crippen LogP contribution in [0.25, 0.3) is 0 Å². The normalized spacial score (nSPS) is 10.9. The first-order valence-corrected chi connectivity index (χ1v) is 11.3. The minimum absolute atomic E-state index is 0.337. The Balaban J connectivity index is 2.02. The highest BCUT2D eigenvalue weighted by Crippen LogP contribution is 2.38. The second-order valence-corrected chi connectivity index (χ2v) is 8.30. The van der Waals surface area contributed by atoms with E-state index in [0.717, 1.165) is 34.4 Å². The lowest BCUT2D eigenvalue weighted by Crippen LogP contribution is -2.15. The number of benzene rings is 2. The van der Waals surface area contributed by atoms with Gasteiger partial charge in [0.15, 0.2) is 11.5 Å². The van der Waals surface area contributed by atoms with Crippen LogP contribution in [-0.4, -0.2) is 13.2 Å². The Morgan fingerprint density at radius 3 is 2.54 bits per heavy atom. The molecular formula is C22H28BrCl2NO2. The Morgan fingerprint density at radius 2 is 1.82 bits per heavy atom. The number of hydrogen-bond acceptors (Lipinski definition) is 3. The van der Waals surface area contributed by atoms with E-state index in [0.29, 0.717) is 29.0 Å². The van der Waals surface area contributed by atoms with Crippen molar-refractivity contribution in [2.45, 2.75) is 52.7 Å². The highest BCUT2D eigenvalue weighted by Gasteiger charge is 2.13. The molecule has 0 heterocycles. The molecule has 0 aliphatic carbocycles. The monoisotopic (exact) mass is 487 g/mol. The largest absolute Gasteiger partial charge is 0.490 e. The number of halogens is 3. The maximum atomic E-state index is 6.25. The fourth-order valence-electron chi connectivity index (χ4n) is 2.82. The van der Waals surface area contributed by atoms with E-state index >= 15 is 0 Å². The summed E-state index contributed by atoms with van der Waals surface area (Å²) in [7, 11) is 0. The third kappa shape index (κ3) is 7.47. The minimum Gasteiger partial charge on any atom is -0.490 e.